The van der Waals surface area contributed by atoms with Gasteiger partial charge in [-0.2, -0.15) is 0 Å². The highest BCUT2D eigenvalue weighted by atomic mass is 16.5. The molecule has 0 spiro atoms. The van der Waals surface area contributed by atoms with Crippen LogP contribution in [0.4, 0.5) is 0 Å². The Kier molecular flexibility index (Phi) is 5.98. The molecule has 0 aromatic carbocycles. The van der Waals surface area contributed by atoms with E-state index in [0.29, 0.717) is 13.2 Å². The lowest BCUT2D eigenvalue weighted by Crippen LogP contribution is -2.64. The third-order valence-electron chi connectivity index (χ3n) is 3.65. The van der Waals surface area contributed by atoms with E-state index in [-0.39, 0.29) is 35.5 Å². The van der Waals surface area contributed by atoms with Crippen molar-refractivity contribution in [3.63, 3.8) is 0 Å². The number of ether oxygens (including phenoxy) is 1. The van der Waals surface area contributed by atoms with Gasteiger partial charge in [-0.15, -0.1) is 0 Å². The first-order chi connectivity index (χ1) is 9.14. The predicted octanol–water partition coefficient (Wildman–Crippen LogP) is 0.974. The number of carbonyl (C=O) groups excluding carboxylic acids is 1. The first-order valence-electron chi connectivity index (χ1n) is 7.54. The van der Waals surface area contributed by atoms with Crippen LogP contribution in [0.25, 0.3) is 0 Å². The predicted molar refractivity (Wildman–Crippen MR) is 81.5 cm³/mol. The van der Waals surface area contributed by atoms with E-state index in [0.717, 1.165) is 6.54 Å². The lowest BCUT2D eigenvalue weighted by atomic mass is 9.81. The summed E-state index contributed by atoms with van der Waals surface area (Å²) >= 11 is 0. The number of nitrogens with two attached hydrogens (primary N) is 1. The maximum Gasteiger partial charge on any atom is 0.239 e. The highest BCUT2D eigenvalue weighted by molar-refractivity contribution is 5.82. The van der Waals surface area contributed by atoms with Gasteiger partial charge in [-0.3, -0.25) is 9.69 Å². The summed E-state index contributed by atoms with van der Waals surface area (Å²) in [6.45, 7) is 14.3. The molecule has 1 fully saturated rings. The molecule has 1 aliphatic rings. The van der Waals surface area contributed by atoms with Gasteiger partial charge in [-0.05, 0) is 26.2 Å². The summed E-state index contributed by atoms with van der Waals surface area (Å²) in [5, 5.41) is 2.99. The number of rotatable bonds is 4. The molecule has 118 valence electrons. The van der Waals surface area contributed by atoms with Crippen LogP contribution in [0, 0.1) is 5.41 Å². The summed E-state index contributed by atoms with van der Waals surface area (Å²) in [5.41, 5.74) is 6.22. The van der Waals surface area contributed by atoms with Crippen molar-refractivity contribution in [3.8, 4) is 0 Å². The fraction of sp³-hybridized carbons (Fsp3) is 0.933. The minimum absolute atomic E-state index is 0.00227. The third-order valence-corrected chi connectivity index (χ3v) is 3.65. The van der Waals surface area contributed by atoms with Gasteiger partial charge in [0, 0.05) is 24.7 Å². The number of amides is 1. The molecule has 3 atom stereocenters. The van der Waals surface area contributed by atoms with Gasteiger partial charge in [-0.1, -0.05) is 20.8 Å². The fourth-order valence-corrected chi connectivity index (χ4v) is 3.14. The van der Waals surface area contributed by atoms with Crippen LogP contribution in [-0.2, 0) is 9.53 Å². The average Bonchev–Trinajstić information content (AvgIpc) is 2.26. The molecule has 5 nitrogen and oxygen atoms in total. The molecular weight excluding hydrogens is 254 g/mol. The zero-order chi connectivity index (χ0) is 15.5. The standard InChI is InChI=1S/C15H31N3O2/c1-10(2)17-14(19)12-9-20-8-7-18(12)13(11(3)16)15(4,5)6/h10-13H,7-9,16H2,1-6H3,(H,17,19). The van der Waals surface area contributed by atoms with Crippen LogP contribution in [-0.4, -0.2) is 54.7 Å². The third kappa shape index (κ3) is 4.43. The Morgan fingerprint density at radius 2 is 1.95 bits per heavy atom. The van der Waals surface area contributed by atoms with Gasteiger partial charge < -0.3 is 15.8 Å². The summed E-state index contributed by atoms with van der Waals surface area (Å²) < 4.78 is 5.51. The van der Waals surface area contributed by atoms with Crippen LogP contribution in [0.15, 0.2) is 0 Å². The largest absolute Gasteiger partial charge is 0.378 e. The van der Waals surface area contributed by atoms with E-state index in [1.807, 2.05) is 20.8 Å². The van der Waals surface area contributed by atoms with Crippen molar-refractivity contribution >= 4 is 5.91 Å². The van der Waals surface area contributed by atoms with Crippen molar-refractivity contribution in [1.82, 2.24) is 10.2 Å². The fourth-order valence-electron chi connectivity index (χ4n) is 3.14. The number of hydrogen-bond acceptors (Lipinski definition) is 4. The molecule has 3 unspecified atom stereocenters. The molecule has 0 aliphatic carbocycles. The first-order valence-corrected chi connectivity index (χ1v) is 7.54. The number of nitrogens with one attached hydrogen (secondary N) is 1. The normalized spacial score (nSPS) is 24.5. The van der Waals surface area contributed by atoms with Crippen molar-refractivity contribution in [2.24, 2.45) is 11.1 Å². The Bertz CT molecular complexity index is 324. The summed E-state index contributed by atoms with van der Waals surface area (Å²) in [7, 11) is 0. The second-order valence-corrected chi connectivity index (χ2v) is 7.16. The number of hydrogen-bond donors (Lipinski definition) is 2. The lowest BCUT2D eigenvalue weighted by molar-refractivity contribution is -0.138. The number of nitrogens with zero attached hydrogens (tertiary/aromatic N) is 1. The van der Waals surface area contributed by atoms with E-state index in [1.165, 1.54) is 0 Å². The second-order valence-electron chi connectivity index (χ2n) is 7.16. The highest BCUT2D eigenvalue weighted by Gasteiger charge is 2.41. The topological polar surface area (TPSA) is 67.6 Å². The molecule has 0 saturated carbocycles. The maximum absolute atomic E-state index is 12.4. The van der Waals surface area contributed by atoms with E-state index < -0.39 is 0 Å². The average molecular weight is 285 g/mol. The van der Waals surface area contributed by atoms with Gasteiger partial charge in [-0.25, -0.2) is 0 Å². The Labute approximate surface area is 123 Å². The molecule has 0 aromatic heterocycles. The molecule has 1 amide bonds. The van der Waals surface area contributed by atoms with Crippen LogP contribution >= 0.6 is 0 Å². The Morgan fingerprint density at radius 1 is 1.35 bits per heavy atom. The number of morpholine rings is 1. The quantitative estimate of drug-likeness (QED) is 0.808. The Morgan fingerprint density at radius 3 is 2.40 bits per heavy atom. The van der Waals surface area contributed by atoms with Crippen LogP contribution < -0.4 is 11.1 Å². The molecule has 5 heteroatoms. The minimum atomic E-state index is -0.249. The minimum Gasteiger partial charge on any atom is -0.378 e. The molecule has 0 radical (unpaired) electrons. The second kappa shape index (κ2) is 6.87. The van der Waals surface area contributed by atoms with Gasteiger partial charge in [0.25, 0.3) is 0 Å². The first kappa shape index (κ1) is 17.4. The Hall–Kier alpha value is -0.650. The molecule has 1 rings (SSSR count). The smallest absolute Gasteiger partial charge is 0.239 e. The SMILES string of the molecule is CC(C)NC(=O)C1COCCN1C(C(C)N)C(C)(C)C. The zero-order valence-electron chi connectivity index (χ0n) is 13.8. The molecule has 0 bridgehead atoms. The Balaban J connectivity index is 2.94. The van der Waals surface area contributed by atoms with Gasteiger partial charge in [0.2, 0.25) is 5.91 Å². The van der Waals surface area contributed by atoms with Crippen molar-refractivity contribution < 1.29 is 9.53 Å². The van der Waals surface area contributed by atoms with Crippen LogP contribution in [0.2, 0.25) is 0 Å². The van der Waals surface area contributed by atoms with E-state index in [9.17, 15) is 4.79 Å². The highest BCUT2D eigenvalue weighted by Crippen LogP contribution is 2.29. The number of carbonyl (C=O) groups is 1. The van der Waals surface area contributed by atoms with Gasteiger partial charge in [0.15, 0.2) is 0 Å². The van der Waals surface area contributed by atoms with Crippen LogP contribution in [0.1, 0.15) is 41.5 Å². The van der Waals surface area contributed by atoms with Gasteiger partial charge in [0.1, 0.15) is 6.04 Å². The van der Waals surface area contributed by atoms with Crippen molar-refractivity contribution in [2.45, 2.75) is 65.7 Å². The molecule has 3 N–H and O–H groups in total. The van der Waals surface area contributed by atoms with Crippen molar-refractivity contribution in [2.75, 3.05) is 19.8 Å². The zero-order valence-corrected chi connectivity index (χ0v) is 13.8. The molecule has 1 aliphatic heterocycles. The van der Waals surface area contributed by atoms with Crippen molar-refractivity contribution in [1.29, 1.82) is 0 Å². The van der Waals surface area contributed by atoms with Crippen molar-refractivity contribution in [3.05, 3.63) is 0 Å². The van der Waals surface area contributed by atoms with Crippen LogP contribution in [0.5, 0.6) is 0 Å². The monoisotopic (exact) mass is 285 g/mol. The molecule has 0 aromatic rings. The van der Waals surface area contributed by atoms with E-state index in [2.05, 4.69) is 31.0 Å². The lowest BCUT2D eigenvalue weighted by Gasteiger charge is -2.47. The van der Waals surface area contributed by atoms with Gasteiger partial charge in [0.05, 0.1) is 13.2 Å². The van der Waals surface area contributed by atoms with E-state index >= 15 is 0 Å². The molecule has 1 saturated heterocycles. The molecule has 20 heavy (non-hydrogen) atoms. The summed E-state index contributed by atoms with van der Waals surface area (Å²) in [6.07, 6.45) is 0. The van der Waals surface area contributed by atoms with Crippen LogP contribution in [0.3, 0.4) is 0 Å². The summed E-state index contributed by atoms with van der Waals surface area (Å²) in [4.78, 5) is 14.6. The molecular formula is C15H31N3O2. The summed E-state index contributed by atoms with van der Waals surface area (Å²) in [5.74, 6) is 0.0367. The van der Waals surface area contributed by atoms with E-state index in [4.69, 9.17) is 10.5 Å². The summed E-state index contributed by atoms with van der Waals surface area (Å²) in [6, 6.07) is 0.0350. The van der Waals surface area contributed by atoms with E-state index in [1.54, 1.807) is 0 Å². The molecule has 1 heterocycles. The van der Waals surface area contributed by atoms with Gasteiger partial charge >= 0.3 is 0 Å². The maximum atomic E-state index is 12.4.